The van der Waals surface area contributed by atoms with Gasteiger partial charge in [-0.05, 0) is 116 Å². The zero-order chi connectivity index (χ0) is 74.2. The third-order valence-electron chi connectivity index (χ3n) is 18.1. The first-order valence-corrected chi connectivity index (χ1v) is 32.9. The summed E-state index contributed by atoms with van der Waals surface area (Å²) in [5.74, 6) is -17.3. The van der Waals surface area contributed by atoms with Gasteiger partial charge in [-0.25, -0.2) is 0 Å². The van der Waals surface area contributed by atoms with Gasteiger partial charge in [0.1, 0.15) is 89.5 Å². The van der Waals surface area contributed by atoms with Crippen LogP contribution < -0.4 is 62.9 Å². The second-order valence-corrected chi connectivity index (χ2v) is 26.9. The van der Waals surface area contributed by atoms with Crippen LogP contribution in [0.1, 0.15) is 105 Å². The lowest BCUT2D eigenvalue weighted by atomic mass is 9.86. The number of carbonyl (C=O) groups is 8. The molecule has 0 aromatic heterocycles. The number of hydrogen-bond donors (Lipinski definition) is 19. The lowest BCUT2D eigenvalue weighted by Crippen LogP contribution is -2.64. The molecule has 0 saturated carbocycles. The number of fused-ring (bicyclic) bond motifs is 15. The third kappa shape index (κ3) is 16.0. The van der Waals surface area contributed by atoms with Crippen LogP contribution in [0.3, 0.4) is 0 Å². The zero-order valence-corrected chi connectivity index (χ0v) is 56.5. The number of carboxylic acids is 1. The van der Waals surface area contributed by atoms with E-state index in [2.05, 4.69) is 37.2 Å². The van der Waals surface area contributed by atoms with Crippen molar-refractivity contribution >= 4 is 70.5 Å². The largest absolute Gasteiger partial charge is 0.508 e. The van der Waals surface area contributed by atoms with Crippen LogP contribution in [-0.2, 0) is 52.6 Å². The Bertz CT molecular complexity index is 4090. The number of amides is 7. The Morgan fingerprint density at radius 2 is 1.33 bits per heavy atom. The standard InChI is InChI=1S/C67H77Cl2N9O24/c1-24(2)12-36(72-5)59(89)77-51-53(85)28-8-11-41(35(69)15-28)99-43-17-29-16-42(56(43)102-66-57(55(87)54(86)44(23-79)100-66)101-46-21-67(4,71)58(88)25(3)97-46)98-40-10-7-27(14-34(40)68)52(84)50-61(91)73-22-33(65(95)96)31-18-30(80)19-39(82)47(31)32-13-26(6-9-38(32)81)48(62(92)78-50)76-63(93)49(29)75-60(90)37(20-45(70)83)74-64(51)94/h6-11,13-19,24-25,33,36-37,44,46,48-55,57-58,66,72,79-82,84-88H,12,20-23,71H2,1-5H3,(H2,70,83)(H,73,91)(H,74,94)(H,75,90)(H,76,93)(H,77,89)(H,78,92)(H,95,96)/t25?,33?,36-,37+,44?,46?,48-,49-,50+,51?,52-,53-,54-,55+,57?,58?,66-,67?/m1/s1. The monoisotopic (exact) mass is 1460 g/mol. The minimum atomic E-state index is -2.35. The lowest BCUT2D eigenvalue weighted by molar-refractivity contribution is -0.333. The van der Waals surface area contributed by atoms with Crippen LogP contribution >= 0.6 is 23.2 Å². The van der Waals surface area contributed by atoms with E-state index in [1.165, 1.54) is 39.1 Å². The van der Waals surface area contributed by atoms with Gasteiger partial charge in [0.25, 0.3) is 0 Å². The molecule has 0 aliphatic carbocycles. The summed E-state index contributed by atoms with van der Waals surface area (Å²) in [6, 6.07) is 1.95. The van der Waals surface area contributed by atoms with Crippen LogP contribution in [0, 0.1) is 5.92 Å². The van der Waals surface area contributed by atoms with E-state index >= 15 is 14.4 Å². The average Bonchev–Trinajstić information content (AvgIpc) is 0.940. The molecule has 21 N–H and O–H groups in total. The van der Waals surface area contributed by atoms with Gasteiger partial charge >= 0.3 is 5.97 Å². The Kier molecular flexibility index (Phi) is 22.8. The van der Waals surface area contributed by atoms with Crippen molar-refractivity contribution < 1.29 is 118 Å². The molecule has 35 heteroatoms. The van der Waals surface area contributed by atoms with Gasteiger partial charge in [-0.1, -0.05) is 55.2 Å². The second kappa shape index (κ2) is 30.8. The van der Waals surface area contributed by atoms with Crippen molar-refractivity contribution in [1.82, 2.24) is 37.2 Å². The van der Waals surface area contributed by atoms with Crippen molar-refractivity contribution in [2.75, 3.05) is 20.2 Å². The highest BCUT2D eigenvalue weighted by molar-refractivity contribution is 6.32. The Morgan fingerprint density at radius 1 is 0.725 bits per heavy atom. The second-order valence-electron chi connectivity index (χ2n) is 26.1. The number of ether oxygens (including phenoxy) is 6. The van der Waals surface area contributed by atoms with Gasteiger partial charge in [0.05, 0.1) is 47.2 Å². The summed E-state index contributed by atoms with van der Waals surface area (Å²) in [5, 5.41) is 131. The third-order valence-corrected chi connectivity index (χ3v) is 18.7. The maximum absolute atomic E-state index is 16.1. The highest BCUT2D eigenvalue weighted by Crippen LogP contribution is 2.50. The van der Waals surface area contributed by atoms with Crippen LogP contribution in [0.5, 0.6) is 46.0 Å². The molecule has 7 heterocycles. The van der Waals surface area contributed by atoms with Crippen molar-refractivity contribution in [2.45, 2.75) is 156 Å². The number of hydrogen-bond acceptors (Lipinski definition) is 25. The van der Waals surface area contributed by atoms with Crippen molar-refractivity contribution in [2.24, 2.45) is 17.4 Å². The highest BCUT2D eigenvalue weighted by Gasteiger charge is 2.51. The SMILES string of the molecule is CN[C@H](CC(C)C)C(=O)NC1C(=O)N[C@@H](CC(N)=O)C(=O)N[C@H]2C(=O)N[C@H]3C(=O)N[C@H](C(=O)NCC(C(=O)O)c4cc(O)cc(O)c4-c4cc3ccc4O)[C@H](O)c3ccc(c(Cl)c3)Oc3cc2cc(c3O[C@H]2OC(CO)[C@@H](O)[C@H](O)C2OC2CC(C)(N)C(O)C(C)O2)Oc2ccc(cc2Cl)[C@H]1O. The van der Waals surface area contributed by atoms with Gasteiger partial charge in [-0.2, -0.15) is 0 Å². The van der Waals surface area contributed by atoms with Gasteiger partial charge in [0.2, 0.25) is 53.4 Å². The number of likely N-dealkylation sites (N-methyl/N-ethyl adjacent to an activating group) is 1. The fraction of sp³-hybridized carbons (Fsp3) is 0.433. The number of halogens is 2. The summed E-state index contributed by atoms with van der Waals surface area (Å²) in [6.45, 7) is 4.79. The molecule has 0 radical (unpaired) electrons. The summed E-state index contributed by atoms with van der Waals surface area (Å²) >= 11 is 14.1. The number of nitrogens with two attached hydrogens (primary N) is 2. The molecule has 7 aliphatic rings. The average molecular weight is 1460 g/mol. The number of primary amides is 1. The van der Waals surface area contributed by atoms with E-state index in [0.29, 0.717) is 0 Å². The number of rotatable bonds is 13. The molecule has 548 valence electrons. The molecule has 33 nitrogen and oxygen atoms in total. The molecular formula is C67H77Cl2N9O24. The Morgan fingerprint density at radius 3 is 1.92 bits per heavy atom. The molecule has 18 atom stereocenters. The van der Waals surface area contributed by atoms with Gasteiger partial charge < -0.3 is 128 Å². The predicted octanol–water partition coefficient (Wildman–Crippen LogP) is 0.149. The topological polar surface area (TPSA) is 530 Å². The van der Waals surface area contributed by atoms with E-state index < -0.39 is 238 Å². The van der Waals surface area contributed by atoms with Gasteiger partial charge in [0, 0.05) is 35.7 Å². The molecule has 5 aromatic carbocycles. The summed E-state index contributed by atoms with van der Waals surface area (Å²) in [5.41, 5.74) is 8.36. The summed E-state index contributed by atoms with van der Waals surface area (Å²) in [6.07, 6.45) is -18.4. The fourth-order valence-corrected chi connectivity index (χ4v) is 13.1. The minimum absolute atomic E-state index is 0.0979. The molecule has 11 bridgehead atoms. The quantitative estimate of drug-likeness (QED) is 0.0746. The molecular weight excluding hydrogens is 1390 g/mol. The number of phenolic OH excluding ortho intramolecular Hbond substituents is 3. The first kappa shape index (κ1) is 75.5. The van der Waals surface area contributed by atoms with E-state index in [1.54, 1.807) is 0 Å². The summed E-state index contributed by atoms with van der Waals surface area (Å²) in [7, 11) is 1.47. The molecule has 8 unspecified atom stereocenters. The Balaban J connectivity index is 1.24. The number of aromatic hydroxyl groups is 3. The number of aliphatic hydroxyl groups excluding tert-OH is 6. The molecule has 7 aliphatic heterocycles. The normalized spacial score (nSPS) is 29.4. The van der Waals surface area contributed by atoms with E-state index in [-0.39, 0.29) is 52.0 Å². The van der Waals surface area contributed by atoms with Crippen LogP contribution in [0.15, 0.2) is 78.9 Å². The minimum Gasteiger partial charge on any atom is -0.508 e. The molecule has 12 rings (SSSR count). The number of aliphatic hydroxyl groups is 6. The van der Waals surface area contributed by atoms with Crippen molar-refractivity contribution in [3.05, 3.63) is 117 Å². The van der Waals surface area contributed by atoms with Crippen LogP contribution in [0.2, 0.25) is 10.0 Å². The van der Waals surface area contributed by atoms with E-state index in [0.717, 1.165) is 60.7 Å². The molecule has 2 fully saturated rings. The van der Waals surface area contributed by atoms with Gasteiger partial charge in [0.15, 0.2) is 23.9 Å². The molecule has 7 amide bonds. The number of aliphatic carboxylic acids is 1. The number of carboxylic acid groups (broad SMARTS) is 1. The Hall–Kier alpha value is -9.20. The lowest BCUT2D eigenvalue weighted by Gasteiger charge is -2.47. The van der Waals surface area contributed by atoms with Crippen molar-refractivity contribution in [1.29, 1.82) is 0 Å². The van der Waals surface area contributed by atoms with Gasteiger partial charge in [-0.3, -0.25) is 38.4 Å². The zero-order valence-electron chi connectivity index (χ0n) is 55.0. The summed E-state index contributed by atoms with van der Waals surface area (Å²) in [4.78, 5) is 117. The molecule has 5 aromatic rings. The number of nitrogens with one attached hydrogen (secondary N) is 7. The molecule has 102 heavy (non-hydrogen) atoms. The van der Waals surface area contributed by atoms with Gasteiger partial charge in [-0.15, -0.1) is 0 Å². The maximum Gasteiger partial charge on any atom is 0.312 e. The summed E-state index contributed by atoms with van der Waals surface area (Å²) < 4.78 is 38.4. The van der Waals surface area contributed by atoms with E-state index in [1.807, 2.05) is 13.8 Å². The fourth-order valence-electron chi connectivity index (χ4n) is 12.7. The first-order valence-electron chi connectivity index (χ1n) is 32.1. The molecule has 2 saturated heterocycles. The van der Waals surface area contributed by atoms with Crippen LogP contribution in [-0.4, -0.2) is 197 Å². The number of carbonyl (C=O) groups excluding carboxylic acids is 7. The highest BCUT2D eigenvalue weighted by atomic mass is 35.5. The van der Waals surface area contributed by atoms with E-state index in [9.17, 15) is 75.0 Å². The van der Waals surface area contributed by atoms with E-state index in [4.69, 9.17) is 63.1 Å². The van der Waals surface area contributed by atoms with Crippen LogP contribution in [0.25, 0.3) is 11.1 Å². The van der Waals surface area contributed by atoms with Crippen LogP contribution in [0.4, 0.5) is 0 Å². The molecule has 0 spiro atoms. The predicted molar refractivity (Wildman–Crippen MR) is 354 cm³/mol. The van der Waals surface area contributed by atoms with Crippen molar-refractivity contribution in [3.63, 3.8) is 0 Å². The maximum atomic E-state index is 16.1. The number of benzene rings is 5. The first-order chi connectivity index (χ1) is 48.2. The number of phenols is 3. The van der Waals surface area contributed by atoms with Crippen molar-refractivity contribution in [3.8, 4) is 57.1 Å². The Labute approximate surface area is 590 Å². The smallest absolute Gasteiger partial charge is 0.312 e.